The quantitative estimate of drug-likeness (QED) is 0.702. The summed E-state index contributed by atoms with van der Waals surface area (Å²) in [7, 11) is -3.95. The van der Waals surface area contributed by atoms with Crippen molar-refractivity contribution in [2.24, 2.45) is 5.41 Å². The van der Waals surface area contributed by atoms with Gasteiger partial charge in [0, 0.05) is 26.2 Å². The molecule has 0 radical (unpaired) electrons. The first-order chi connectivity index (χ1) is 12.5. The van der Waals surface area contributed by atoms with E-state index in [1.54, 1.807) is 0 Å². The number of sulfonamides is 1. The van der Waals surface area contributed by atoms with Gasteiger partial charge in [-0.15, -0.1) is 0 Å². The van der Waals surface area contributed by atoms with Gasteiger partial charge in [-0.05, 0) is 17.5 Å². The van der Waals surface area contributed by atoms with Crippen molar-refractivity contribution < 1.29 is 27.1 Å². The van der Waals surface area contributed by atoms with E-state index in [9.17, 15) is 22.4 Å². The van der Waals surface area contributed by atoms with Gasteiger partial charge in [0.25, 0.3) is 5.91 Å². The number of nitrogens with zero attached hydrogens (tertiary/aromatic N) is 2. The predicted molar refractivity (Wildman–Crippen MR) is 96.8 cm³/mol. The van der Waals surface area contributed by atoms with E-state index in [1.807, 2.05) is 20.8 Å². The molecule has 0 spiro atoms. The number of hydrogen-bond donors (Lipinski definition) is 0. The molecule has 0 aromatic heterocycles. The summed E-state index contributed by atoms with van der Waals surface area (Å²) in [4.78, 5) is 24.9. The SMILES string of the molecule is CC(C)(C)CC(=O)OCC(=O)N1CCN(S(=O)(=O)c2ccccc2F)CC1. The van der Waals surface area contributed by atoms with Crippen LogP contribution in [0.1, 0.15) is 27.2 Å². The molecule has 0 atom stereocenters. The molecule has 0 aliphatic carbocycles. The summed E-state index contributed by atoms with van der Waals surface area (Å²) in [6.45, 7) is 5.74. The van der Waals surface area contributed by atoms with Crippen molar-refractivity contribution in [2.45, 2.75) is 32.1 Å². The van der Waals surface area contributed by atoms with Crippen molar-refractivity contribution >= 4 is 21.9 Å². The van der Waals surface area contributed by atoms with Crippen molar-refractivity contribution in [1.82, 2.24) is 9.21 Å². The molecule has 9 heteroatoms. The molecule has 2 rings (SSSR count). The Kier molecular flexibility index (Phi) is 6.59. The third-order valence-electron chi connectivity index (χ3n) is 4.08. The molecule has 1 amide bonds. The summed E-state index contributed by atoms with van der Waals surface area (Å²) in [5, 5.41) is 0. The molecule has 1 aliphatic rings. The highest BCUT2D eigenvalue weighted by molar-refractivity contribution is 7.89. The molecular formula is C18H25FN2O5S. The second-order valence-corrected chi connectivity index (χ2v) is 9.52. The number of ether oxygens (including phenoxy) is 1. The Balaban J connectivity index is 1.89. The number of halogens is 1. The van der Waals surface area contributed by atoms with E-state index >= 15 is 0 Å². The van der Waals surface area contributed by atoms with Crippen LogP contribution < -0.4 is 0 Å². The minimum Gasteiger partial charge on any atom is -0.456 e. The molecule has 0 N–H and O–H groups in total. The molecule has 27 heavy (non-hydrogen) atoms. The van der Waals surface area contributed by atoms with Gasteiger partial charge in [-0.2, -0.15) is 4.31 Å². The fraction of sp³-hybridized carbons (Fsp3) is 0.556. The highest BCUT2D eigenvalue weighted by Crippen LogP contribution is 2.21. The number of esters is 1. The lowest BCUT2D eigenvalue weighted by molar-refractivity contribution is -0.154. The van der Waals surface area contributed by atoms with Gasteiger partial charge in [-0.25, -0.2) is 12.8 Å². The molecule has 1 fully saturated rings. The van der Waals surface area contributed by atoms with Crippen LogP contribution in [0.4, 0.5) is 4.39 Å². The second-order valence-electron chi connectivity index (χ2n) is 7.61. The number of carbonyl (C=O) groups excluding carboxylic acids is 2. The Morgan fingerprint density at radius 2 is 1.70 bits per heavy atom. The molecule has 1 saturated heterocycles. The Labute approximate surface area is 159 Å². The number of carbonyl (C=O) groups is 2. The molecular weight excluding hydrogens is 375 g/mol. The van der Waals surface area contributed by atoms with Crippen LogP contribution in [0.5, 0.6) is 0 Å². The lowest BCUT2D eigenvalue weighted by Crippen LogP contribution is -2.51. The lowest BCUT2D eigenvalue weighted by atomic mass is 9.92. The van der Waals surface area contributed by atoms with E-state index in [1.165, 1.54) is 23.1 Å². The van der Waals surface area contributed by atoms with Gasteiger partial charge in [0.05, 0.1) is 6.42 Å². The maximum Gasteiger partial charge on any atom is 0.306 e. The highest BCUT2D eigenvalue weighted by atomic mass is 32.2. The average Bonchev–Trinajstić information content (AvgIpc) is 2.58. The highest BCUT2D eigenvalue weighted by Gasteiger charge is 2.32. The zero-order valence-corrected chi connectivity index (χ0v) is 16.6. The molecule has 1 heterocycles. The Morgan fingerprint density at radius 1 is 1.11 bits per heavy atom. The molecule has 1 aromatic carbocycles. The first-order valence-corrected chi connectivity index (χ1v) is 10.1. The van der Waals surface area contributed by atoms with Gasteiger partial charge in [0.15, 0.2) is 6.61 Å². The lowest BCUT2D eigenvalue weighted by Gasteiger charge is -2.34. The van der Waals surface area contributed by atoms with Crippen molar-refractivity contribution in [2.75, 3.05) is 32.8 Å². The monoisotopic (exact) mass is 400 g/mol. The van der Waals surface area contributed by atoms with E-state index in [0.29, 0.717) is 0 Å². The molecule has 7 nitrogen and oxygen atoms in total. The maximum absolute atomic E-state index is 13.8. The van der Waals surface area contributed by atoms with Crippen LogP contribution in [0.25, 0.3) is 0 Å². The number of rotatable bonds is 5. The van der Waals surface area contributed by atoms with Crippen LogP contribution in [-0.2, 0) is 24.3 Å². The van der Waals surface area contributed by atoms with Crippen molar-refractivity contribution in [1.29, 1.82) is 0 Å². The first-order valence-electron chi connectivity index (χ1n) is 8.69. The van der Waals surface area contributed by atoms with Gasteiger partial charge in [0.2, 0.25) is 10.0 Å². The van der Waals surface area contributed by atoms with Crippen molar-refractivity contribution in [3.05, 3.63) is 30.1 Å². The minimum absolute atomic E-state index is 0.0539. The van der Waals surface area contributed by atoms with Crippen LogP contribution in [0.3, 0.4) is 0 Å². The van der Waals surface area contributed by atoms with Crippen molar-refractivity contribution in [3.8, 4) is 0 Å². The minimum atomic E-state index is -3.95. The van der Waals surface area contributed by atoms with E-state index in [-0.39, 0.29) is 55.4 Å². The summed E-state index contributed by atoms with van der Waals surface area (Å²) in [5.41, 5.74) is -0.229. The van der Waals surface area contributed by atoms with Crippen LogP contribution in [-0.4, -0.2) is 62.3 Å². The molecule has 0 saturated carbocycles. The van der Waals surface area contributed by atoms with Crippen LogP contribution >= 0.6 is 0 Å². The Bertz CT molecular complexity index is 796. The van der Waals surface area contributed by atoms with E-state index < -0.39 is 21.8 Å². The maximum atomic E-state index is 13.8. The third kappa shape index (κ3) is 5.74. The zero-order chi connectivity index (χ0) is 20.2. The average molecular weight is 400 g/mol. The first kappa shape index (κ1) is 21.3. The van der Waals surface area contributed by atoms with E-state index in [4.69, 9.17) is 4.74 Å². The Morgan fingerprint density at radius 3 is 2.26 bits per heavy atom. The standard InChI is InChI=1S/C18H25FN2O5S/c1-18(2,3)12-17(23)26-13-16(22)20-8-10-21(11-9-20)27(24,25)15-7-5-4-6-14(15)19/h4-7H,8-13H2,1-3H3. The normalized spacial score (nSPS) is 16.2. The van der Waals surface area contributed by atoms with Gasteiger partial charge < -0.3 is 9.64 Å². The topological polar surface area (TPSA) is 84.0 Å². The Hall–Kier alpha value is -2.00. The molecule has 150 valence electrons. The molecule has 0 bridgehead atoms. The second kappa shape index (κ2) is 8.35. The van der Waals surface area contributed by atoms with Crippen LogP contribution in [0, 0.1) is 11.2 Å². The number of benzene rings is 1. The number of amides is 1. The van der Waals surface area contributed by atoms with Crippen LogP contribution in [0.2, 0.25) is 0 Å². The van der Waals surface area contributed by atoms with E-state index in [0.717, 1.165) is 10.4 Å². The summed E-state index contributed by atoms with van der Waals surface area (Å²) in [5.74, 6) is -1.63. The molecule has 1 aliphatic heterocycles. The van der Waals surface area contributed by atoms with Crippen molar-refractivity contribution in [3.63, 3.8) is 0 Å². The summed E-state index contributed by atoms with van der Waals surface area (Å²) >= 11 is 0. The largest absolute Gasteiger partial charge is 0.456 e. The summed E-state index contributed by atoms with van der Waals surface area (Å²) in [6, 6.07) is 5.20. The predicted octanol–water partition coefficient (Wildman–Crippen LogP) is 1.64. The fourth-order valence-electron chi connectivity index (χ4n) is 2.69. The van der Waals surface area contributed by atoms with Gasteiger partial charge in [0.1, 0.15) is 10.7 Å². The molecule has 0 unspecified atom stereocenters. The molecule has 1 aromatic rings. The summed E-state index contributed by atoms with van der Waals surface area (Å²) < 4.78 is 45.1. The summed E-state index contributed by atoms with van der Waals surface area (Å²) in [6.07, 6.45) is 0.203. The van der Waals surface area contributed by atoms with E-state index in [2.05, 4.69) is 0 Å². The van der Waals surface area contributed by atoms with Gasteiger partial charge in [-0.1, -0.05) is 32.9 Å². The fourth-order valence-corrected chi connectivity index (χ4v) is 4.18. The smallest absolute Gasteiger partial charge is 0.306 e. The number of hydrogen-bond acceptors (Lipinski definition) is 5. The third-order valence-corrected chi connectivity index (χ3v) is 6.01. The van der Waals surface area contributed by atoms with Gasteiger partial charge in [-0.3, -0.25) is 9.59 Å². The zero-order valence-electron chi connectivity index (χ0n) is 15.8. The van der Waals surface area contributed by atoms with Gasteiger partial charge >= 0.3 is 5.97 Å². The van der Waals surface area contributed by atoms with Crippen LogP contribution in [0.15, 0.2) is 29.2 Å². The number of piperazine rings is 1.